The minimum atomic E-state index is -0.0896. The van der Waals surface area contributed by atoms with Gasteiger partial charge in [0.15, 0.2) is 5.11 Å². The number of carbonyl (C=O) groups excluding carboxylic acids is 1. The van der Waals surface area contributed by atoms with Crippen LogP contribution in [-0.2, 0) is 4.79 Å². The van der Waals surface area contributed by atoms with Crippen LogP contribution in [0, 0.1) is 6.92 Å². The van der Waals surface area contributed by atoms with Crippen molar-refractivity contribution >= 4 is 45.9 Å². The highest BCUT2D eigenvalue weighted by Crippen LogP contribution is 2.43. The highest BCUT2D eigenvalue weighted by molar-refractivity contribution is 7.80. The first-order valence-corrected chi connectivity index (χ1v) is 10.2. The average Bonchev–Trinajstić information content (AvgIpc) is 3.26. The number of hydrogen-bond acceptors (Lipinski definition) is 4. The van der Waals surface area contributed by atoms with Crippen molar-refractivity contribution in [1.82, 2.24) is 10.3 Å². The fraction of sp³-hybridized carbons (Fsp3) is 0.190. The smallest absolute Gasteiger partial charge is 0.221 e. The molecule has 0 radical (unpaired) electrons. The molecule has 4 rings (SSSR count). The molecule has 1 aliphatic rings. The van der Waals surface area contributed by atoms with E-state index in [1.165, 1.54) is 16.7 Å². The molecule has 0 saturated carbocycles. The fourth-order valence-corrected chi connectivity index (χ4v) is 4.80. The van der Waals surface area contributed by atoms with Gasteiger partial charge in [0.05, 0.1) is 17.8 Å². The van der Waals surface area contributed by atoms with Gasteiger partial charge < -0.3 is 15.5 Å². The number of thiophene rings is 1. The zero-order valence-corrected chi connectivity index (χ0v) is 17.2. The zero-order chi connectivity index (χ0) is 19.7. The molecule has 28 heavy (non-hydrogen) atoms. The van der Waals surface area contributed by atoms with Crippen LogP contribution in [0.4, 0.5) is 11.4 Å². The third-order valence-corrected chi connectivity index (χ3v) is 6.00. The average molecular weight is 409 g/mol. The first-order chi connectivity index (χ1) is 13.5. The lowest BCUT2D eigenvalue weighted by atomic mass is 10.0. The number of amides is 1. The maximum absolute atomic E-state index is 11.3. The molecule has 1 aliphatic heterocycles. The maximum atomic E-state index is 11.3. The normalized spacial score (nSPS) is 18.8. The molecule has 3 aromatic rings. The Balaban J connectivity index is 1.74. The lowest BCUT2D eigenvalue weighted by Crippen LogP contribution is -2.29. The van der Waals surface area contributed by atoms with E-state index in [1.54, 1.807) is 11.3 Å². The van der Waals surface area contributed by atoms with Gasteiger partial charge in [-0.25, -0.2) is 0 Å². The van der Waals surface area contributed by atoms with E-state index in [0.717, 1.165) is 17.1 Å². The van der Waals surface area contributed by atoms with E-state index in [0.29, 0.717) is 5.11 Å². The van der Waals surface area contributed by atoms with Crippen molar-refractivity contribution in [1.29, 1.82) is 0 Å². The number of aryl methyl sites for hydroxylation is 1. The summed E-state index contributed by atoms with van der Waals surface area (Å²) in [7, 11) is 0. The summed E-state index contributed by atoms with van der Waals surface area (Å²) >= 11 is 7.48. The number of benzene rings is 1. The van der Waals surface area contributed by atoms with Crippen LogP contribution in [0.5, 0.6) is 0 Å². The van der Waals surface area contributed by atoms with Crippen molar-refractivity contribution in [2.45, 2.75) is 25.9 Å². The molecule has 0 bridgehead atoms. The number of anilines is 2. The van der Waals surface area contributed by atoms with E-state index in [9.17, 15) is 4.79 Å². The van der Waals surface area contributed by atoms with Crippen LogP contribution in [0.3, 0.4) is 0 Å². The largest absolute Gasteiger partial charge is 0.351 e. The van der Waals surface area contributed by atoms with Crippen LogP contribution in [0.15, 0.2) is 60.8 Å². The molecule has 2 atom stereocenters. The van der Waals surface area contributed by atoms with E-state index in [1.807, 2.05) is 48.7 Å². The van der Waals surface area contributed by atoms with Gasteiger partial charge in [-0.1, -0.05) is 6.07 Å². The summed E-state index contributed by atoms with van der Waals surface area (Å²) in [6.45, 7) is 3.61. The molecule has 1 aromatic carbocycles. The second-order valence-corrected chi connectivity index (χ2v) is 8.38. The van der Waals surface area contributed by atoms with Crippen molar-refractivity contribution in [3.05, 3.63) is 76.2 Å². The van der Waals surface area contributed by atoms with Crippen LogP contribution in [0.25, 0.3) is 0 Å². The van der Waals surface area contributed by atoms with Gasteiger partial charge in [0, 0.05) is 34.2 Å². The van der Waals surface area contributed by atoms with E-state index in [2.05, 4.69) is 39.6 Å². The molecule has 0 spiro atoms. The molecule has 3 heterocycles. The molecule has 0 aliphatic carbocycles. The first-order valence-electron chi connectivity index (χ1n) is 8.97. The SMILES string of the molecule is CC(=O)Nc1ccc(N2C(=S)N[C@@H](c3ccccn3)[C@@H]2c2ccc(C)s2)cc1. The Morgan fingerprint density at radius 3 is 2.57 bits per heavy atom. The minimum absolute atomic E-state index is 0.00714. The molecule has 5 nitrogen and oxygen atoms in total. The highest BCUT2D eigenvalue weighted by atomic mass is 32.1. The summed E-state index contributed by atoms with van der Waals surface area (Å²) in [6, 6.07) is 17.9. The molecular weight excluding hydrogens is 388 g/mol. The number of aromatic nitrogens is 1. The predicted octanol–water partition coefficient (Wildman–Crippen LogP) is 4.59. The maximum Gasteiger partial charge on any atom is 0.221 e. The van der Waals surface area contributed by atoms with Crippen LogP contribution >= 0.6 is 23.6 Å². The molecule has 1 amide bonds. The Labute approximate surface area is 173 Å². The van der Waals surface area contributed by atoms with Crippen LogP contribution < -0.4 is 15.5 Å². The predicted molar refractivity (Wildman–Crippen MR) is 118 cm³/mol. The summed E-state index contributed by atoms with van der Waals surface area (Å²) in [5.41, 5.74) is 2.69. The molecule has 2 N–H and O–H groups in total. The number of rotatable bonds is 4. The Hall–Kier alpha value is -2.77. The zero-order valence-electron chi connectivity index (χ0n) is 15.5. The summed E-state index contributed by atoms with van der Waals surface area (Å²) in [6.07, 6.45) is 1.81. The van der Waals surface area contributed by atoms with Gasteiger partial charge in [-0.15, -0.1) is 11.3 Å². The minimum Gasteiger partial charge on any atom is -0.351 e. The van der Waals surface area contributed by atoms with Crippen LogP contribution in [0.1, 0.15) is 34.5 Å². The molecule has 1 saturated heterocycles. The van der Waals surface area contributed by atoms with Gasteiger partial charge in [-0.05, 0) is 67.7 Å². The van der Waals surface area contributed by atoms with Gasteiger partial charge in [0.1, 0.15) is 0 Å². The third-order valence-electron chi connectivity index (χ3n) is 4.62. The van der Waals surface area contributed by atoms with Crippen LogP contribution in [0.2, 0.25) is 0 Å². The number of hydrogen-bond donors (Lipinski definition) is 2. The molecular formula is C21H20N4OS2. The Bertz CT molecular complexity index is 1000. The van der Waals surface area contributed by atoms with Gasteiger partial charge >= 0.3 is 0 Å². The number of nitrogens with zero attached hydrogens (tertiary/aromatic N) is 2. The lowest BCUT2D eigenvalue weighted by molar-refractivity contribution is -0.114. The van der Waals surface area contributed by atoms with Gasteiger partial charge in [0.2, 0.25) is 5.91 Å². The van der Waals surface area contributed by atoms with Crippen molar-refractivity contribution in [2.75, 3.05) is 10.2 Å². The summed E-state index contributed by atoms with van der Waals surface area (Å²) in [5, 5.41) is 6.92. The van der Waals surface area contributed by atoms with Gasteiger partial charge in [0.25, 0.3) is 0 Å². The van der Waals surface area contributed by atoms with E-state index < -0.39 is 0 Å². The first kappa shape index (κ1) is 18.6. The quantitative estimate of drug-likeness (QED) is 0.619. The number of pyridine rings is 1. The van der Waals surface area contributed by atoms with Crippen molar-refractivity contribution in [3.8, 4) is 0 Å². The third kappa shape index (κ3) is 3.63. The topological polar surface area (TPSA) is 57.3 Å². The van der Waals surface area contributed by atoms with Crippen molar-refractivity contribution in [2.24, 2.45) is 0 Å². The summed E-state index contributed by atoms with van der Waals surface area (Å²) < 4.78 is 0. The van der Waals surface area contributed by atoms with E-state index >= 15 is 0 Å². The molecule has 7 heteroatoms. The van der Waals surface area contributed by atoms with Gasteiger partial charge in [-0.3, -0.25) is 9.78 Å². The Morgan fingerprint density at radius 1 is 1.18 bits per heavy atom. The molecule has 1 fully saturated rings. The van der Waals surface area contributed by atoms with Crippen LogP contribution in [-0.4, -0.2) is 16.0 Å². The van der Waals surface area contributed by atoms with E-state index in [-0.39, 0.29) is 18.0 Å². The van der Waals surface area contributed by atoms with Crippen molar-refractivity contribution < 1.29 is 4.79 Å². The Kier molecular flexibility index (Phi) is 5.11. The molecule has 0 unspecified atom stereocenters. The second kappa shape index (κ2) is 7.69. The highest BCUT2D eigenvalue weighted by Gasteiger charge is 2.41. The standard InChI is InChI=1S/C21H20N4OS2/c1-13-6-11-18(28-13)20-19(17-5-3-4-12-22-17)24-21(27)25(20)16-9-7-15(8-10-16)23-14(2)26/h3-12,19-20H,1-2H3,(H,23,26)(H,24,27)/t19-,20-/m0/s1. The molecule has 142 valence electrons. The number of carbonyl (C=O) groups is 1. The Morgan fingerprint density at radius 2 is 1.96 bits per heavy atom. The molecule has 2 aromatic heterocycles. The lowest BCUT2D eigenvalue weighted by Gasteiger charge is -2.27. The summed E-state index contributed by atoms with van der Waals surface area (Å²) in [4.78, 5) is 20.5. The second-order valence-electron chi connectivity index (χ2n) is 6.67. The monoisotopic (exact) mass is 408 g/mol. The number of nitrogens with one attached hydrogen (secondary N) is 2. The van der Waals surface area contributed by atoms with Crippen molar-refractivity contribution in [3.63, 3.8) is 0 Å². The van der Waals surface area contributed by atoms with E-state index in [4.69, 9.17) is 12.2 Å². The number of thiocarbonyl (C=S) groups is 1. The fourth-order valence-electron chi connectivity index (χ4n) is 3.44. The summed E-state index contributed by atoms with van der Waals surface area (Å²) in [5.74, 6) is -0.0896. The van der Waals surface area contributed by atoms with Gasteiger partial charge in [-0.2, -0.15) is 0 Å².